The predicted molar refractivity (Wildman–Crippen MR) is 123 cm³/mol. The number of ether oxygens (including phenoxy) is 1. The summed E-state index contributed by atoms with van der Waals surface area (Å²) in [5, 5.41) is 2.94. The highest BCUT2D eigenvalue weighted by Crippen LogP contribution is 2.20. The number of nitrogens with zero attached hydrogens (tertiary/aromatic N) is 2. The number of benzene rings is 3. The first-order valence-electron chi connectivity index (χ1n) is 10.5. The molecule has 0 radical (unpaired) electrons. The topological polar surface area (TPSA) is 56.2 Å². The van der Waals surface area contributed by atoms with E-state index in [2.05, 4.69) is 48.0 Å². The Morgan fingerprint density at radius 3 is 2.61 bits per heavy atom. The van der Waals surface area contributed by atoms with Crippen LogP contribution in [0.3, 0.4) is 0 Å². The Bertz CT molecular complexity index is 1180. The number of hydrogen-bond donors (Lipinski definition) is 1. The van der Waals surface area contributed by atoms with Gasteiger partial charge in [0.25, 0.3) is 5.91 Å². The molecule has 0 unspecified atom stereocenters. The molecule has 0 saturated heterocycles. The number of carbonyl (C=O) groups is 1. The van der Waals surface area contributed by atoms with Crippen LogP contribution in [0.1, 0.15) is 22.5 Å². The van der Waals surface area contributed by atoms with Gasteiger partial charge in [-0.05, 0) is 49.2 Å². The fraction of sp³-hybridized carbons (Fsp3) is 0.231. The van der Waals surface area contributed by atoms with Crippen molar-refractivity contribution in [3.05, 3.63) is 95.3 Å². The van der Waals surface area contributed by atoms with Crippen molar-refractivity contribution in [1.82, 2.24) is 14.9 Å². The van der Waals surface area contributed by atoms with Gasteiger partial charge in [-0.1, -0.05) is 54.1 Å². The molecule has 0 saturated carbocycles. The highest BCUT2D eigenvalue weighted by Gasteiger charge is 2.12. The molecule has 0 bridgehead atoms. The molecule has 1 amide bonds. The number of amides is 1. The van der Waals surface area contributed by atoms with E-state index in [0.717, 1.165) is 23.4 Å². The Balaban J connectivity index is 1.44. The van der Waals surface area contributed by atoms with E-state index >= 15 is 0 Å². The summed E-state index contributed by atoms with van der Waals surface area (Å²) in [7, 11) is 0. The Morgan fingerprint density at radius 2 is 1.77 bits per heavy atom. The van der Waals surface area contributed by atoms with E-state index in [4.69, 9.17) is 9.72 Å². The lowest BCUT2D eigenvalue weighted by Crippen LogP contribution is -2.31. The van der Waals surface area contributed by atoms with Gasteiger partial charge in [0.15, 0.2) is 6.61 Å². The summed E-state index contributed by atoms with van der Waals surface area (Å²) in [6.07, 6.45) is 0.649. The third-order valence-corrected chi connectivity index (χ3v) is 5.35. The maximum atomic E-state index is 12.2. The van der Waals surface area contributed by atoms with Crippen LogP contribution in [-0.2, 0) is 17.8 Å². The number of aromatic nitrogens is 2. The van der Waals surface area contributed by atoms with Crippen molar-refractivity contribution in [2.24, 2.45) is 0 Å². The Morgan fingerprint density at radius 1 is 1.00 bits per heavy atom. The molecular formula is C26H27N3O2. The minimum absolute atomic E-state index is 0.00289. The summed E-state index contributed by atoms with van der Waals surface area (Å²) in [5.74, 6) is 1.51. The standard InChI is InChI=1S/C26H27N3O2/c1-19-12-13-20(2)21(16-19)17-29-24-11-7-6-10-23(24)28-25(29)14-15-27-26(30)18-31-22-8-4-3-5-9-22/h3-13,16H,14-15,17-18H2,1-2H3,(H,27,30). The lowest BCUT2D eigenvalue weighted by molar-refractivity contribution is -0.123. The average Bonchev–Trinajstić information content (AvgIpc) is 3.13. The van der Waals surface area contributed by atoms with Crippen molar-refractivity contribution >= 4 is 16.9 Å². The molecule has 1 N–H and O–H groups in total. The van der Waals surface area contributed by atoms with E-state index in [0.29, 0.717) is 18.7 Å². The largest absolute Gasteiger partial charge is 0.484 e. The number of hydrogen-bond acceptors (Lipinski definition) is 3. The van der Waals surface area contributed by atoms with Gasteiger partial charge in [-0.3, -0.25) is 4.79 Å². The number of para-hydroxylation sites is 3. The molecule has 1 aromatic heterocycles. The minimum Gasteiger partial charge on any atom is -0.484 e. The summed E-state index contributed by atoms with van der Waals surface area (Å²) >= 11 is 0. The van der Waals surface area contributed by atoms with Crippen molar-refractivity contribution in [2.45, 2.75) is 26.8 Å². The average molecular weight is 414 g/mol. The van der Waals surface area contributed by atoms with Gasteiger partial charge in [-0.25, -0.2) is 4.98 Å². The fourth-order valence-electron chi connectivity index (χ4n) is 3.66. The molecule has 4 rings (SSSR count). The summed E-state index contributed by atoms with van der Waals surface area (Å²) in [4.78, 5) is 17.0. The number of carbonyl (C=O) groups excluding carboxylic acids is 1. The van der Waals surface area contributed by atoms with Crippen LogP contribution in [0.5, 0.6) is 5.75 Å². The molecule has 0 fully saturated rings. The Hall–Kier alpha value is -3.60. The van der Waals surface area contributed by atoms with Crippen LogP contribution in [-0.4, -0.2) is 28.6 Å². The lowest BCUT2D eigenvalue weighted by Gasteiger charge is -2.13. The molecule has 158 valence electrons. The number of aryl methyl sites for hydroxylation is 2. The first-order valence-corrected chi connectivity index (χ1v) is 10.5. The molecular weight excluding hydrogens is 386 g/mol. The fourth-order valence-corrected chi connectivity index (χ4v) is 3.66. The summed E-state index contributed by atoms with van der Waals surface area (Å²) in [6.45, 7) is 5.52. The van der Waals surface area contributed by atoms with Crippen LogP contribution in [0.15, 0.2) is 72.8 Å². The number of rotatable bonds is 8. The monoisotopic (exact) mass is 413 g/mol. The number of fused-ring (bicyclic) bond motifs is 1. The van der Waals surface area contributed by atoms with Crippen LogP contribution >= 0.6 is 0 Å². The third kappa shape index (κ3) is 5.12. The second-order valence-electron chi connectivity index (χ2n) is 7.73. The van der Waals surface area contributed by atoms with Gasteiger partial charge in [0.2, 0.25) is 0 Å². The van der Waals surface area contributed by atoms with E-state index in [9.17, 15) is 4.79 Å². The maximum absolute atomic E-state index is 12.2. The van der Waals surface area contributed by atoms with Gasteiger partial charge in [0.05, 0.1) is 11.0 Å². The van der Waals surface area contributed by atoms with E-state index in [1.807, 2.05) is 48.5 Å². The van der Waals surface area contributed by atoms with Crippen LogP contribution in [0.4, 0.5) is 0 Å². The number of imidazole rings is 1. The SMILES string of the molecule is Cc1ccc(C)c(Cn2c(CCNC(=O)COc3ccccc3)nc3ccccc32)c1. The molecule has 5 nitrogen and oxygen atoms in total. The molecule has 0 aliphatic rings. The van der Waals surface area contributed by atoms with E-state index in [-0.39, 0.29) is 12.5 Å². The van der Waals surface area contributed by atoms with Gasteiger partial charge >= 0.3 is 0 Å². The molecule has 0 spiro atoms. The second-order valence-corrected chi connectivity index (χ2v) is 7.73. The normalized spacial score (nSPS) is 10.9. The summed E-state index contributed by atoms with van der Waals surface area (Å²) in [5.41, 5.74) is 5.88. The van der Waals surface area contributed by atoms with E-state index < -0.39 is 0 Å². The highest BCUT2D eigenvalue weighted by atomic mass is 16.5. The van der Waals surface area contributed by atoms with Crippen molar-refractivity contribution in [3.63, 3.8) is 0 Å². The van der Waals surface area contributed by atoms with Gasteiger partial charge in [0.1, 0.15) is 11.6 Å². The third-order valence-electron chi connectivity index (χ3n) is 5.35. The van der Waals surface area contributed by atoms with Crippen LogP contribution in [0.25, 0.3) is 11.0 Å². The van der Waals surface area contributed by atoms with E-state index in [1.165, 1.54) is 16.7 Å². The maximum Gasteiger partial charge on any atom is 0.257 e. The van der Waals surface area contributed by atoms with Crippen molar-refractivity contribution in [3.8, 4) is 5.75 Å². The van der Waals surface area contributed by atoms with Crippen LogP contribution in [0.2, 0.25) is 0 Å². The number of nitrogens with one attached hydrogen (secondary N) is 1. The predicted octanol–water partition coefficient (Wildman–Crippen LogP) is 4.44. The quantitative estimate of drug-likeness (QED) is 0.465. The minimum atomic E-state index is -0.138. The van der Waals surface area contributed by atoms with Crippen molar-refractivity contribution in [1.29, 1.82) is 0 Å². The zero-order valence-corrected chi connectivity index (χ0v) is 18.0. The van der Waals surface area contributed by atoms with Crippen molar-refractivity contribution in [2.75, 3.05) is 13.2 Å². The van der Waals surface area contributed by atoms with Gasteiger partial charge < -0.3 is 14.6 Å². The van der Waals surface area contributed by atoms with Gasteiger partial charge in [0, 0.05) is 19.5 Å². The van der Waals surface area contributed by atoms with Crippen LogP contribution in [0, 0.1) is 13.8 Å². The zero-order valence-electron chi connectivity index (χ0n) is 18.0. The summed E-state index contributed by atoms with van der Waals surface area (Å²) < 4.78 is 7.77. The molecule has 0 aliphatic heterocycles. The first-order chi connectivity index (χ1) is 15.1. The molecule has 31 heavy (non-hydrogen) atoms. The first kappa shape index (κ1) is 20.7. The van der Waals surface area contributed by atoms with Crippen LogP contribution < -0.4 is 10.1 Å². The highest BCUT2D eigenvalue weighted by molar-refractivity contribution is 5.78. The van der Waals surface area contributed by atoms with Gasteiger partial charge in [-0.15, -0.1) is 0 Å². The van der Waals surface area contributed by atoms with Gasteiger partial charge in [-0.2, -0.15) is 0 Å². The molecule has 0 aliphatic carbocycles. The molecule has 4 aromatic rings. The smallest absolute Gasteiger partial charge is 0.257 e. The molecule has 3 aromatic carbocycles. The van der Waals surface area contributed by atoms with E-state index in [1.54, 1.807) is 0 Å². The Kier molecular flexibility index (Phi) is 6.32. The second kappa shape index (κ2) is 9.47. The molecule has 1 heterocycles. The molecule has 0 atom stereocenters. The Labute approximate surface area is 182 Å². The molecule has 5 heteroatoms. The van der Waals surface area contributed by atoms with Crippen molar-refractivity contribution < 1.29 is 9.53 Å². The summed E-state index contributed by atoms with van der Waals surface area (Å²) in [6, 6.07) is 24.1. The zero-order chi connectivity index (χ0) is 21.6. The lowest BCUT2D eigenvalue weighted by atomic mass is 10.1.